The highest BCUT2D eigenvalue weighted by Crippen LogP contribution is 2.48. The van der Waals surface area contributed by atoms with Crippen molar-refractivity contribution in [3.8, 4) is 0 Å². The van der Waals surface area contributed by atoms with E-state index in [1.807, 2.05) is 0 Å². The number of nitrogens with zero attached hydrogens (tertiary/aromatic N) is 2. The van der Waals surface area contributed by atoms with E-state index in [1.54, 1.807) is 5.56 Å². The van der Waals surface area contributed by atoms with Gasteiger partial charge in [-0.1, -0.05) is 24.3 Å². The molecule has 136 valence electrons. The third kappa shape index (κ3) is 3.66. The van der Waals surface area contributed by atoms with Gasteiger partial charge in [-0.25, -0.2) is 0 Å². The van der Waals surface area contributed by atoms with Gasteiger partial charge in [-0.3, -0.25) is 0 Å². The Kier molecular flexibility index (Phi) is 4.60. The van der Waals surface area contributed by atoms with Crippen molar-refractivity contribution in [1.29, 1.82) is 0 Å². The number of rotatable bonds is 6. The minimum atomic E-state index is 0.835. The van der Waals surface area contributed by atoms with Crippen molar-refractivity contribution in [3.05, 3.63) is 35.4 Å². The van der Waals surface area contributed by atoms with Crippen molar-refractivity contribution in [2.24, 2.45) is 17.8 Å². The lowest BCUT2D eigenvalue weighted by Gasteiger charge is -2.21. The van der Waals surface area contributed by atoms with E-state index in [1.165, 1.54) is 89.8 Å². The maximum atomic E-state index is 2.80. The Balaban J connectivity index is 1.18. The van der Waals surface area contributed by atoms with Gasteiger partial charge in [0.2, 0.25) is 0 Å². The molecule has 4 aliphatic rings. The molecule has 2 saturated heterocycles. The van der Waals surface area contributed by atoms with E-state index in [9.17, 15) is 0 Å². The fourth-order valence-electron chi connectivity index (χ4n) is 5.81. The van der Waals surface area contributed by atoms with E-state index < -0.39 is 0 Å². The van der Waals surface area contributed by atoms with Gasteiger partial charge in [0.1, 0.15) is 0 Å². The lowest BCUT2D eigenvalue weighted by molar-refractivity contribution is 0.294. The minimum absolute atomic E-state index is 0.835. The van der Waals surface area contributed by atoms with E-state index in [0.29, 0.717) is 0 Å². The summed E-state index contributed by atoms with van der Waals surface area (Å²) in [7, 11) is 0. The highest BCUT2D eigenvalue weighted by molar-refractivity contribution is 5.28. The molecule has 0 radical (unpaired) electrons. The van der Waals surface area contributed by atoms with Gasteiger partial charge in [0.15, 0.2) is 0 Å². The monoisotopic (exact) mass is 338 g/mol. The number of likely N-dealkylation sites (tertiary alicyclic amines) is 2. The predicted octanol–water partition coefficient (Wildman–Crippen LogP) is 4.16. The van der Waals surface area contributed by atoms with Crippen molar-refractivity contribution in [1.82, 2.24) is 9.80 Å². The fourth-order valence-corrected chi connectivity index (χ4v) is 5.81. The highest BCUT2D eigenvalue weighted by atomic mass is 15.2. The van der Waals surface area contributed by atoms with Crippen LogP contribution in [-0.2, 0) is 6.42 Å². The molecule has 2 heteroatoms. The molecule has 2 aliphatic heterocycles. The largest absolute Gasteiger partial charge is 0.303 e. The van der Waals surface area contributed by atoms with Crippen LogP contribution in [0.15, 0.2) is 24.3 Å². The molecule has 0 amide bonds. The van der Waals surface area contributed by atoms with Crippen molar-refractivity contribution in [2.45, 2.75) is 50.9 Å². The van der Waals surface area contributed by atoms with Gasteiger partial charge in [0, 0.05) is 26.2 Å². The van der Waals surface area contributed by atoms with Crippen LogP contribution in [0.3, 0.4) is 0 Å². The van der Waals surface area contributed by atoms with Gasteiger partial charge >= 0.3 is 0 Å². The molecule has 4 fully saturated rings. The summed E-state index contributed by atoms with van der Waals surface area (Å²) in [6.07, 6.45) is 9.92. The molecule has 3 atom stereocenters. The Morgan fingerprint density at radius 2 is 1.64 bits per heavy atom. The summed E-state index contributed by atoms with van der Waals surface area (Å²) in [5, 5.41) is 0. The predicted molar refractivity (Wildman–Crippen MR) is 104 cm³/mol. The first-order valence-electron chi connectivity index (χ1n) is 10.9. The Labute approximate surface area is 153 Å². The van der Waals surface area contributed by atoms with Crippen LogP contribution in [-0.4, -0.2) is 49.1 Å². The number of fused-ring (bicyclic) bond motifs is 1. The van der Waals surface area contributed by atoms with Crippen LogP contribution in [0, 0.1) is 17.8 Å². The smallest absolute Gasteiger partial charge is 0.00218 e. The van der Waals surface area contributed by atoms with Gasteiger partial charge in [-0.15, -0.1) is 0 Å². The van der Waals surface area contributed by atoms with Crippen LogP contribution < -0.4 is 0 Å². The molecule has 25 heavy (non-hydrogen) atoms. The molecule has 0 bridgehead atoms. The zero-order valence-corrected chi connectivity index (χ0v) is 15.7. The average molecular weight is 339 g/mol. The van der Waals surface area contributed by atoms with Crippen LogP contribution in [0.4, 0.5) is 0 Å². The topological polar surface area (TPSA) is 6.48 Å². The summed E-state index contributed by atoms with van der Waals surface area (Å²) in [5.74, 6) is 3.81. The van der Waals surface area contributed by atoms with E-state index in [-0.39, 0.29) is 0 Å². The third-order valence-corrected chi connectivity index (χ3v) is 7.47. The van der Waals surface area contributed by atoms with E-state index >= 15 is 0 Å². The maximum absolute atomic E-state index is 2.80. The highest BCUT2D eigenvalue weighted by Gasteiger charge is 2.43. The molecule has 0 aromatic heterocycles. The summed E-state index contributed by atoms with van der Waals surface area (Å²) in [5.41, 5.74) is 3.16. The molecule has 2 aliphatic carbocycles. The van der Waals surface area contributed by atoms with E-state index in [4.69, 9.17) is 0 Å². The van der Waals surface area contributed by atoms with E-state index in [0.717, 1.165) is 23.7 Å². The van der Waals surface area contributed by atoms with Crippen LogP contribution >= 0.6 is 0 Å². The Bertz CT molecular complexity index is 570. The molecule has 5 rings (SSSR count). The first-order valence-corrected chi connectivity index (χ1v) is 10.9. The van der Waals surface area contributed by atoms with Crippen LogP contribution in [0.5, 0.6) is 0 Å². The van der Waals surface area contributed by atoms with E-state index in [2.05, 4.69) is 34.1 Å². The summed E-state index contributed by atoms with van der Waals surface area (Å²) in [6, 6.07) is 9.79. The lowest BCUT2D eigenvalue weighted by atomic mass is 9.86. The zero-order valence-electron chi connectivity index (χ0n) is 15.7. The Morgan fingerprint density at radius 3 is 2.40 bits per heavy atom. The normalized spacial score (nSPS) is 33.2. The summed E-state index contributed by atoms with van der Waals surface area (Å²) in [6.45, 7) is 8.06. The minimum Gasteiger partial charge on any atom is -0.303 e. The molecule has 0 spiro atoms. The van der Waals surface area contributed by atoms with Crippen molar-refractivity contribution in [2.75, 3.05) is 39.3 Å². The van der Waals surface area contributed by atoms with Gasteiger partial charge in [-0.2, -0.15) is 0 Å². The molecule has 1 aromatic rings. The summed E-state index contributed by atoms with van der Waals surface area (Å²) in [4.78, 5) is 5.42. The molecule has 0 N–H and O–H groups in total. The van der Waals surface area contributed by atoms with Crippen molar-refractivity contribution < 1.29 is 0 Å². The SMILES string of the molecule is c1cc(C2CCC3CN(CC4CC4)CC32)ccc1CCN1CCCC1. The van der Waals surface area contributed by atoms with Gasteiger partial charge in [-0.05, 0) is 92.8 Å². The summed E-state index contributed by atoms with van der Waals surface area (Å²) < 4.78 is 0. The second-order valence-corrected chi connectivity index (χ2v) is 9.31. The average Bonchev–Trinajstić information content (AvgIpc) is 3.01. The quantitative estimate of drug-likeness (QED) is 0.768. The number of hydrogen-bond acceptors (Lipinski definition) is 2. The molecule has 2 saturated carbocycles. The molecular formula is C23H34N2. The first kappa shape index (κ1) is 16.3. The molecule has 3 unspecified atom stereocenters. The molecule has 1 aromatic carbocycles. The second-order valence-electron chi connectivity index (χ2n) is 9.31. The summed E-state index contributed by atoms with van der Waals surface area (Å²) >= 11 is 0. The molecule has 2 heterocycles. The van der Waals surface area contributed by atoms with Gasteiger partial charge in [0.25, 0.3) is 0 Å². The Hall–Kier alpha value is -0.860. The van der Waals surface area contributed by atoms with Crippen LogP contribution in [0.1, 0.15) is 55.6 Å². The molecule has 2 nitrogen and oxygen atoms in total. The Morgan fingerprint density at radius 1 is 0.840 bits per heavy atom. The lowest BCUT2D eigenvalue weighted by Crippen LogP contribution is -2.25. The first-order chi connectivity index (χ1) is 12.3. The van der Waals surface area contributed by atoms with Crippen LogP contribution in [0.2, 0.25) is 0 Å². The maximum Gasteiger partial charge on any atom is 0.00218 e. The standard InChI is InChI=1S/C23H34N2/c1-2-13-24(12-1)14-11-18-5-7-20(8-6-18)22-10-9-21-16-25(17-23(21)22)15-19-3-4-19/h5-8,19,21-23H,1-4,9-17H2. The van der Waals surface area contributed by atoms with Gasteiger partial charge < -0.3 is 9.80 Å². The second kappa shape index (κ2) is 7.04. The number of benzene rings is 1. The van der Waals surface area contributed by atoms with Crippen molar-refractivity contribution in [3.63, 3.8) is 0 Å². The fraction of sp³-hybridized carbons (Fsp3) is 0.739. The van der Waals surface area contributed by atoms with Crippen LogP contribution in [0.25, 0.3) is 0 Å². The van der Waals surface area contributed by atoms with Gasteiger partial charge in [0.05, 0.1) is 0 Å². The number of hydrogen-bond donors (Lipinski definition) is 0. The zero-order chi connectivity index (χ0) is 16.6. The van der Waals surface area contributed by atoms with Crippen molar-refractivity contribution >= 4 is 0 Å². The third-order valence-electron chi connectivity index (χ3n) is 7.47. The molecular weight excluding hydrogens is 304 g/mol.